The predicted octanol–water partition coefficient (Wildman–Crippen LogP) is 1.14. The van der Waals surface area contributed by atoms with E-state index in [0.29, 0.717) is 11.6 Å². The van der Waals surface area contributed by atoms with Gasteiger partial charge in [-0.2, -0.15) is 5.10 Å². The standard InChI is InChI=1S/C13H13N7/c1-6-20(10-7-14-2-3-15-10)8-9(1)11-12-13(19-18-11)17-5-4-16-12/h2-5,7,9H,1,6,8H2,(H,17,18,19)/t9-/m1/s1. The minimum absolute atomic E-state index is 0.374. The number of aromatic amines is 1. The summed E-state index contributed by atoms with van der Waals surface area (Å²) in [5.74, 6) is 1.30. The van der Waals surface area contributed by atoms with Gasteiger partial charge in [0.05, 0.1) is 11.9 Å². The molecule has 1 aliphatic rings. The number of hydrogen-bond acceptors (Lipinski definition) is 6. The molecule has 1 aliphatic heterocycles. The van der Waals surface area contributed by atoms with E-state index in [1.54, 1.807) is 31.0 Å². The fraction of sp³-hybridized carbons (Fsp3) is 0.308. The van der Waals surface area contributed by atoms with E-state index in [4.69, 9.17) is 0 Å². The molecule has 7 nitrogen and oxygen atoms in total. The Labute approximate surface area is 115 Å². The molecule has 0 aliphatic carbocycles. The summed E-state index contributed by atoms with van der Waals surface area (Å²) >= 11 is 0. The molecule has 1 N–H and O–H groups in total. The van der Waals surface area contributed by atoms with E-state index in [9.17, 15) is 0 Å². The zero-order chi connectivity index (χ0) is 13.4. The van der Waals surface area contributed by atoms with Gasteiger partial charge in [0.25, 0.3) is 0 Å². The molecule has 0 radical (unpaired) electrons. The van der Waals surface area contributed by atoms with Crippen molar-refractivity contribution in [3.63, 3.8) is 0 Å². The van der Waals surface area contributed by atoms with Crippen LogP contribution in [0.1, 0.15) is 18.0 Å². The van der Waals surface area contributed by atoms with Gasteiger partial charge in [0, 0.05) is 43.8 Å². The lowest BCUT2D eigenvalue weighted by atomic mass is 10.0. The van der Waals surface area contributed by atoms with E-state index in [2.05, 4.69) is 35.0 Å². The van der Waals surface area contributed by atoms with Crippen molar-refractivity contribution in [3.05, 3.63) is 36.7 Å². The molecule has 0 bridgehead atoms. The number of nitrogens with one attached hydrogen (secondary N) is 1. The van der Waals surface area contributed by atoms with Crippen LogP contribution in [0.3, 0.4) is 0 Å². The van der Waals surface area contributed by atoms with Crippen LogP contribution < -0.4 is 4.90 Å². The molecule has 4 rings (SSSR count). The van der Waals surface area contributed by atoms with Crippen LogP contribution in [-0.2, 0) is 0 Å². The van der Waals surface area contributed by atoms with Crippen molar-refractivity contribution in [1.29, 1.82) is 0 Å². The van der Waals surface area contributed by atoms with Gasteiger partial charge in [-0.25, -0.2) is 15.0 Å². The highest BCUT2D eigenvalue weighted by molar-refractivity contribution is 5.73. The van der Waals surface area contributed by atoms with Gasteiger partial charge in [0.2, 0.25) is 0 Å². The highest BCUT2D eigenvalue weighted by Gasteiger charge is 2.28. The fourth-order valence-corrected chi connectivity index (χ4v) is 2.71. The molecule has 0 saturated carbocycles. The summed E-state index contributed by atoms with van der Waals surface area (Å²) in [5, 5.41) is 7.31. The molecular weight excluding hydrogens is 254 g/mol. The van der Waals surface area contributed by atoms with Crippen LogP contribution in [0.5, 0.6) is 0 Å². The Morgan fingerprint density at radius 1 is 1.10 bits per heavy atom. The van der Waals surface area contributed by atoms with Gasteiger partial charge in [0.15, 0.2) is 5.65 Å². The van der Waals surface area contributed by atoms with Crippen molar-refractivity contribution in [2.24, 2.45) is 0 Å². The first-order valence-electron chi connectivity index (χ1n) is 6.58. The maximum absolute atomic E-state index is 4.38. The van der Waals surface area contributed by atoms with E-state index in [-0.39, 0.29) is 0 Å². The molecule has 0 unspecified atom stereocenters. The van der Waals surface area contributed by atoms with Crippen LogP contribution in [0.15, 0.2) is 31.0 Å². The third kappa shape index (κ3) is 1.78. The Hall–Kier alpha value is -2.57. The number of fused-ring (bicyclic) bond motifs is 1. The van der Waals surface area contributed by atoms with E-state index in [1.807, 2.05) is 0 Å². The largest absolute Gasteiger partial charge is 0.355 e. The van der Waals surface area contributed by atoms with Crippen LogP contribution in [0.25, 0.3) is 11.2 Å². The van der Waals surface area contributed by atoms with Crippen molar-refractivity contribution >= 4 is 17.0 Å². The Bertz CT molecular complexity index is 724. The van der Waals surface area contributed by atoms with Gasteiger partial charge in [0.1, 0.15) is 11.3 Å². The summed E-state index contributed by atoms with van der Waals surface area (Å²) in [4.78, 5) is 19.3. The van der Waals surface area contributed by atoms with Crippen molar-refractivity contribution in [2.75, 3.05) is 18.0 Å². The summed E-state index contributed by atoms with van der Waals surface area (Å²) in [7, 11) is 0. The molecule has 20 heavy (non-hydrogen) atoms. The smallest absolute Gasteiger partial charge is 0.199 e. The van der Waals surface area contributed by atoms with E-state index in [1.165, 1.54) is 0 Å². The van der Waals surface area contributed by atoms with Crippen LogP contribution in [-0.4, -0.2) is 43.2 Å². The number of anilines is 1. The summed E-state index contributed by atoms with van der Waals surface area (Å²) < 4.78 is 0. The highest BCUT2D eigenvalue weighted by Crippen LogP contribution is 2.30. The maximum Gasteiger partial charge on any atom is 0.199 e. The second-order valence-corrected chi connectivity index (χ2v) is 4.86. The molecule has 1 saturated heterocycles. The minimum atomic E-state index is 0.374. The average Bonchev–Trinajstić information content (AvgIpc) is 3.14. The van der Waals surface area contributed by atoms with Gasteiger partial charge in [-0.1, -0.05) is 0 Å². The fourth-order valence-electron chi connectivity index (χ4n) is 2.71. The maximum atomic E-state index is 4.38. The number of H-pyrrole nitrogens is 1. The molecule has 0 amide bonds. The third-order valence-electron chi connectivity index (χ3n) is 3.69. The lowest BCUT2D eigenvalue weighted by Crippen LogP contribution is -2.20. The van der Waals surface area contributed by atoms with Crippen molar-refractivity contribution in [1.82, 2.24) is 30.1 Å². The van der Waals surface area contributed by atoms with Crippen molar-refractivity contribution in [3.8, 4) is 0 Å². The average molecular weight is 267 g/mol. The first-order chi connectivity index (χ1) is 9.92. The Balaban J connectivity index is 1.62. The van der Waals surface area contributed by atoms with Gasteiger partial charge in [-0.05, 0) is 6.42 Å². The first kappa shape index (κ1) is 11.3. The molecule has 0 aromatic carbocycles. The summed E-state index contributed by atoms with van der Waals surface area (Å²) in [5.41, 5.74) is 2.62. The van der Waals surface area contributed by atoms with Crippen molar-refractivity contribution in [2.45, 2.75) is 12.3 Å². The molecule has 0 spiro atoms. The van der Waals surface area contributed by atoms with E-state index < -0.39 is 0 Å². The van der Waals surface area contributed by atoms with Gasteiger partial charge in [-0.3, -0.25) is 10.1 Å². The van der Waals surface area contributed by atoms with Gasteiger partial charge in [-0.15, -0.1) is 0 Å². The summed E-state index contributed by atoms with van der Waals surface area (Å²) in [6.07, 6.45) is 9.62. The number of rotatable bonds is 2. The normalized spacial score (nSPS) is 18.8. The van der Waals surface area contributed by atoms with E-state index in [0.717, 1.165) is 36.5 Å². The lowest BCUT2D eigenvalue weighted by molar-refractivity contribution is 0.741. The second-order valence-electron chi connectivity index (χ2n) is 4.86. The lowest BCUT2D eigenvalue weighted by Gasteiger charge is -2.16. The summed E-state index contributed by atoms with van der Waals surface area (Å²) in [6.45, 7) is 1.86. The molecule has 3 aromatic rings. The van der Waals surface area contributed by atoms with Crippen LogP contribution in [0, 0.1) is 0 Å². The van der Waals surface area contributed by atoms with Crippen molar-refractivity contribution < 1.29 is 0 Å². The zero-order valence-corrected chi connectivity index (χ0v) is 10.8. The zero-order valence-electron chi connectivity index (χ0n) is 10.8. The molecular formula is C13H13N7. The Kier molecular flexibility index (Phi) is 2.55. The molecule has 3 aromatic heterocycles. The SMILES string of the molecule is c1cnc(N2CC[C@@H](c3[nH]nc4nccnc34)C2)cn1. The van der Waals surface area contributed by atoms with Gasteiger partial charge >= 0.3 is 0 Å². The summed E-state index contributed by atoms with van der Waals surface area (Å²) in [6, 6.07) is 0. The number of nitrogens with zero attached hydrogens (tertiary/aromatic N) is 6. The number of aromatic nitrogens is 6. The first-order valence-corrected chi connectivity index (χ1v) is 6.58. The van der Waals surface area contributed by atoms with E-state index >= 15 is 0 Å². The quantitative estimate of drug-likeness (QED) is 0.749. The molecule has 100 valence electrons. The molecule has 4 heterocycles. The Morgan fingerprint density at radius 3 is 2.90 bits per heavy atom. The van der Waals surface area contributed by atoms with Crippen LogP contribution in [0.4, 0.5) is 5.82 Å². The van der Waals surface area contributed by atoms with Gasteiger partial charge < -0.3 is 4.90 Å². The molecule has 1 fully saturated rings. The topological polar surface area (TPSA) is 83.5 Å². The van der Waals surface area contributed by atoms with Crippen LogP contribution >= 0.6 is 0 Å². The highest BCUT2D eigenvalue weighted by atomic mass is 15.2. The predicted molar refractivity (Wildman–Crippen MR) is 73.3 cm³/mol. The minimum Gasteiger partial charge on any atom is -0.355 e. The number of hydrogen-bond donors (Lipinski definition) is 1. The monoisotopic (exact) mass is 267 g/mol. The molecule has 7 heteroatoms. The molecule has 1 atom stereocenters. The third-order valence-corrected chi connectivity index (χ3v) is 3.69. The van der Waals surface area contributed by atoms with Crippen LogP contribution in [0.2, 0.25) is 0 Å². The Morgan fingerprint density at radius 2 is 2.00 bits per heavy atom. The second kappa shape index (κ2) is 4.52.